The molecule has 2 bridgehead atoms. The Hall–Kier alpha value is -2.02. The van der Waals surface area contributed by atoms with Crippen LogP contribution in [0.15, 0.2) is 17.4 Å². The van der Waals surface area contributed by atoms with Crippen LogP contribution in [0, 0.1) is 11.7 Å². The molecule has 5 N–H and O–H groups in total. The number of nitrogens with zero attached hydrogens (tertiary/aromatic N) is 3. The number of fused-ring (bicyclic) bond motifs is 3. The van der Waals surface area contributed by atoms with Crippen LogP contribution < -0.4 is 16.8 Å². The molecule has 1 aromatic rings. The van der Waals surface area contributed by atoms with Crippen LogP contribution in [0.2, 0.25) is 0 Å². The van der Waals surface area contributed by atoms with Crippen molar-refractivity contribution in [3.63, 3.8) is 0 Å². The third-order valence-corrected chi connectivity index (χ3v) is 6.61. The average Bonchev–Trinajstić information content (AvgIpc) is 3.49. The molecule has 0 saturated heterocycles. The standard InChI is InChI=1S/C20H29FN6/c1-24-16(10-13-2-3-13)14(11-22)17-15(21)12-25-18(26-17)27-20-7-4-19(23,5-8-20)6-9-20/h11-13H,2-10,22-23H2,1H3,(H,25,26,27). The van der Waals surface area contributed by atoms with Gasteiger partial charge in [0.05, 0.1) is 6.20 Å². The SMILES string of the molecule is CN=C(CC1CC1)C(=CN)c1nc(NC23CCC(N)(CC2)CC3)ncc1F. The number of nitrogens with one attached hydrogen (secondary N) is 1. The highest BCUT2D eigenvalue weighted by Gasteiger charge is 2.47. The highest BCUT2D eigenvalue weighted by atomic mass is 19.1. The van der Waals surface area contributed by atoms with Gasteiger partial charge in [0.25, 0.3) is 0 Å². The first-order chi connectivity index (χ1) is 13.0. The van der Waals surface area contributed by atoms with Gasteiger partial charge in [-0.05, 0) is 63.7 Å². The molecule has 6 nitrogen and oxygen atoms in total. The summed E-state index contributed by atoms with van der Waals surface area (Å²) in [5, 5.41) is 3.50. The summed E-state index contributed by atoms with van der Waals surface area (Å²) in [5.74, 6) is 0.611. The Balaban J connectivity index is 1.57. The van der Waals surface area contributed by atoms with Gasteiger partial charge in [-0.15, -0.1) is 0 Å². The van der Waals surface area contributed by atoms with Crippen molar-refractivity contribution in [1.82, 2.24) is 9.97 Å². The lowest BCUT2D eigenvalue weighted by Crippen LogP contribution is -2.58. The van der Waals surface area contributed by atoms with Crippen molar-refractivity contribution in [3.8, 4) is 0 Å². The van der Waals surface area contributed by atoms with Gasteiger partial charge in [-0.3, -0.25) is 4.99 Å². The molecule has 0 aliphatic heterocycles. The second-order valence-electron chi connectivity index (χ2n) is 8.56. The minimum Gasteiger partial charge on any atom is -0.404 e. The van der Waals surface area contributed by atoms with Gasteiger partial charge in [0, 0.05) is 35.6 Å². The largest absolute Gasteiger partial charge is 0.404 e. The van der Waals surface area contributed by atoms with E-state index in [1.54, 1.807) is 7.05 Å². The number of rotatable bonds is 6. The number of aliphatic imine (C=N–C) groups is 1. The molecule has 0 amide bonds. The van der Waals surface area contributed by atoms with E-state index < -0.39 is 5.82 Å². The van der Waals surface area contributed by atoms with Gasteiger partial charge >= 0.3 is 0 Å². The fourth-order valence-electron chi connectivity index (χ4n) is 4.48. The van der Waals surface area contributed by atoms with Gasteiger partial charge in [-0.1, -0.05) is 0 Å². The molecule has 27 heavy (non-hydrogen) atoms. The van der Waals surface area contributed by atoms with Crippen molar-refractivity contribution in [1.29, 1.82) is 0 Å². The number of allylic oxidation sites excluding steroid dienone is 1. The quantitative estimate of drug-likeness (QED) is 0.666. The summed E-state index contributed by atoms with van der Waals surface area (Å²) in [6.45, 7) is 0. The maximum Gasteiger partial charge on any atom is 0.223 e. The maximum absolute atomic E-state index is 14.5. The average molecular weight is 372 g/mol. The minimum atomic E-state index is -0.472. The number of anilines is 1. The fourth-order valence-corrected chi connectivity index (χ4v) is 4.48. The van der Waals surface area contributed by atoms with Crippen molar-refractivity contribution >= 4 is 17.2 Å². The molecule has 4 saturated carbocycles. The van der Waals surface area contributed by atoms with Crippen LogP contribution in [0.4, 0.5) is 10.3 Å². The first-order valence-corrected chi connectivity index (χ1v) is 9.94. The molecule has 1 aromatic heterocycles. The lowest BCUT2D eigenvalue weighted by atomic mass is 9.62. The van der Waals surface area contributed by atoms with Crippen LogP contribution in [0.3, 0.4) is 0 Å². The second-order valence-corrected chi connectivity index (χ2v) is 8.56. The van der Waals surface area contributed by atoms with Crippen molar-refractivity contribution in [2.45, 2.75) is 68.9 Å². The summed E-state index contributed by atoms with van der Waals surface area (Å²) >= 11 is 0. The van der Waals surface area contributed by atoms with E-state index in [9.17, 15) is 4.39 Å². The van der Waals surface area contributed by atoms with Gasteiger partial charge < -0.3 is 16.8 Å². The van der Waals surface area contributed by atoms with E-state index in [1.807, 2.05) is 0 Å². The lowest BCUT2D eigenvalue weighted by molar-refractivity contribution is 0.126. The van der Waals surface area contributed by atoms with Gasteiger partial charge in [-0.25, -0.2) is 14.4 Å². The summed E-state index contributed by atoms with van der Waals surface area (Å²) < 4.78 is 14.5. The lowest BCUT2D eigenvalue weighted by Gasteiger charge is -2.52. The number of hydrogen-bond donors (Lipinski definition) is 3. The van der Waals surface area contributed by atoms with Crippen molar-refractivity contribution in [2.24, 2.45) is 22.4 Å². The molecule has 146 valence electrons. The zero-order valence-corrected chi connectivity index (χ0v) is 16.0. The Labute approximate surface area is 159 Å². The molecule has 0 unspecified atom stereocenters. The molecular formula is C20H29FN6. The molecule has 1 heterocycles. The van der Waals surface area contributed by atoms with Gasteiger partial charge in [0.1, 0.15) is 5.69 Å². The monoisotopic (exact) mass is 372 g/mol. The summed E-state index contributed by atoms with van der Waals surface area (Å²) in [4.78, 5) is 13.1. The predicted molar refractivity (Wildman–Crippen MR) is 106 cm³/mol. The Bertz CT molecular complexity index is 758. The Morgan fingerprint density at radius 3 is 2.52 bits per heavy atom. The minimum absolute atomic E-state index is 0.00298. The van der Waals surface area contributed by atoms with Crippen LogP contribution >= 0.6 is 0 Å². The molecule has 7 heteroatoms. The van der Waals surface area contributed by atoms with E-state index in [4.69, 9.17) is 11.5 Å². The van der Waals surface area contributed by atoms with Crippen molar-refractivity contribution in [2.75, 3.05) is 12.4 Å². The number of aromatic nitrogens is 2. The summed E-state index contributed by atoms with van der Waals surface area (Å²) in [7, 11) is 1.72. The molecule has 0 aromatic carbocycles. The fraction of sp³-hybridized carbons (Fsp3) is 0.650. The Morgan fingerprint density at radius 2 is 1.96 bits per heavy atom. The summed E-state index contributed by atoms with van der Waals surface area (Å²) in [6, 6.07) is 0. The van der Waals surface area contributed by atoms with Crippen LogP contribution in [0.25, 0.3) is 5.57 Å². The first kappa shape index (κ1) is 18.3. The third kappa shape index (κ3) is 3.70. The molecular weight excluding hydrogens is 343 g/mol. The van der Waals surface area contributed by atoms with E-state index in [0.29, 0.717) is 17.4 Å². The zero-order valence-electron chi connectivity index (χ0n) is 16.0. The van der Waals surface area contributed by atoms with Gasteiger partial charge in [-0.2, -0.15) is 0 Å². The van der Waals surface area contributed by atoms with E-state index in [1.165, 1.54) is 25.2 Å². The van der Waals surface area contributed by atoms with Gasteiger partial charge in [0.2, 0.25) is 5.95 Å². The molecule has 0 radical (unpaired) electrons. The van der Waals surface area contributed by atoms with E-state index in [0.717, 1.165) is 50.7 Å². The van der Waals surface area contributed by atoms with Crippen LogP contribution in [-0.4, -0.2) is 33.8 Å². The van der Waals surface area contributed by atoms with Gasteiger partial charge in [0.15, 0.2) is 5.82 Å². The third-order valence-electron chi connectivity index (χ3n) is 6.61. The summed E-state index contributed by atoms with van der Waals surface area (Å²) in [6.07, 6.45) is 11.9. The van der Waals surface area contributed by atoms with E-state index in [2.05, 4.69) is 20.3 Å². The van der Waals surface area contributed by atoms with Crippen LogP contribution in [-0.2, 0) is 0 Å². The maximum atomic E-state index is 14.5. The molecule has 5 rings (SSSR count). The number of nitrogens with two attached hydrogens (primary N) is 2. The number of hydrogen-bond acceptors (Lipinski definition) is 6. The smallest absolute Gasteiger partial charge is 0.223 e. The molecule has 4 aliphatic rings. The molecule has 4 fully saturated rings. The summed E-state index contributed by atoms with van der Waals surface area (Å²) in [5.41, 5.74) is 13.8. The predicted octanol–water partition coefficient (Wildman–Crippen LogP) is 3.00. The van der Waals surface area contributed by atoms with Crippen LogP contribution in [0.1, 0.15) is 63.5 Å². The van der Waals surface area contributed by atoms with Crippen molar-refractivity contribution in [3.05, 3.63) is 23.9 Å². The van der Waals surface area contributed by atoms with Crippen molar-refractivity contribution < 1.29 is 4.39 Å². The van der Waals surface area contributed by atoms with E-state index >= 15 is 0 Å². The topological polar surface area (TPSA) is 102 Å². The zero-order chi connectivity index (χ0) is 19.1. The number of halogens is 1. The van der Waals surface area contributed by atoms with Crippen LogP contribution in [0.5, 0.6) is 0 Å². The van der Waals surface area contributed by atoms with E-state index in [-0.39, 0.29) is 16.8 Å². The first-order valence-electron chi connectivity index (χ1n) is 9.94. The Morgan fingerprint density at radius 1 is 1.30 bits per heavy atom. The Kier molecular flexibility index (Phi) is 4.66. The molecule has 0 atom stereocenters. The highest BCUT2D eigenvalue weighted by Crippen LogP contribution is 2.46. The molecule has 0 spiro atoms. The molecule has 4 aliphatic carbocycles. The normalized spacial score (nSPS) is 31.2. The highest BCUT2D eigenvalue weighted by molar-refractivity contribution is 6.23. The second kappa shape index (κ2) is 6.86.